The molecule has 1 amide bonds. The van der Waals surface area contributed by atoms with E-state index >= 15 is 0 Å². The molecule has 0 unspecified atom stereocenters. The van der Waals surface area contributed by atoms with Crippen molar-refractivity contribution < 1.29 is 13.2 Å². The summed E-state index contributed by atoms with van der Waals surface area (Å²) in [6.07, 6.45) is 0. The first kappa shape index (κ1) is 19.4. The number of hydrogen-bond donors (Lipinski definition) is 1. The molecule has 0 saturated carbocycles. The van der Waals surface area contributed by atoms with Gasteiger partial charge in [-0.05, 0) is 44.5 Å². The van der Waals surface area contributed by atoms with Crippen LogP contribution in [0.2, 0.25) is 0 Å². The molecule has 0 bridgehead atoms. The number of benzene rings is 1. The third-order valence-electron chi connectivity index (χ3n) is 4.32. The predicted molar refractivity (Wildman–Crippen MR) is 97.4 cm³/mol. The van der Waals surface area contributed by atoms with Crippen molar-refractivity contribution in [2.75, 3.05) is 32.7 Å². The molecule has 0 aromatic heterocycles. The van der Waals surface area contributed by atoms with Gasteiger partial charge in [0.1, 0.15) is 0 Å². The number of carbonyl (C=O) groups is 1. The van der Waals surface area contributed by atoms with Crippen LogP contribution in [0.15, 0.2) is 27.6 Å². The standard InChI is InChI=1S/C16H24BrN3O3S/c1-4-18-16(21)13(3)19-7-9-20(10-8-19)24(22,23)14-5-6-15(17)12(2)11-14/h5-6,11,13H,4,7-10H2,1-3H3,(H,18,21)/t13-/m1/s1. The van der Waals surface area contributed by atoms with Gasteiger partial charge in [-0.3, -0.25) is 9.69 Å². The summed E-state index contributed by atoms with van der Waals surface area (Å²) in [7, 11) is -3.50. The van der Waals surface area contributed by atoms with E-state index in [2.05, 4.69) is 21.2 Å². The van der Waals surface area contributed by atoms with Crippen LogP contribution in [0.1, 0.15) is 19.4 Å². The normalized spacial score (nSPS) is 18.3. The summed E-state index contributed by atoms with van der Waals surface area (Å²) in [4.78, 5) is 14.3. The van der Waals surface area contributed by atoms with Crippen LogP contribution < -0.4 is 5.32 Å². The molecule has 24 heavy (non-hydrogen) atoms. The lowest BCUT2D eigenvalue weighted by Crippen LogP contribution is -2.54. The monoisotopic (exact) mass is 417 g/mol. The number of hydrogen-bond acceptors (Lipinski definition) is 4. The summed E-state index contributed by atoms with van der Waals surface area (Å²) < 4.78 is 27.9. The van der Waals surface area contributed by atoms with Gasteiger partial charge in [-0.25, -0.2) is 8.42 Å². The van der Waals surface area contributed by atoms with Crippen LogP contribution in [0, 0.1) is 6.92 Å². The first-order chi connectivity index (χ1) is 11.3. The lowest BCUT2D eigenvalue weighted by molar-refractivity contribution is -0.126. The largest absolute Gasteiger partial charge is 0.355 e. The van der Waals surface area contributed by atoms with Gasteiger partial charge in [0.2, 0.25) is 15.9 Å². The molecule has 1 aliphatic rings. The molecular formula is C16H24BrN3O3S. The van der Waals surface area contributed by atoms with Crippen molar-refractivity contribution in [2.45, 2.75) is 31.7 Å². The highest BCUT2D eigenvalue weighted by Gasteiger charge is 2.31. The number of piperazine rings is 1. The fourth-order valence-electron chi connectivity index (χ4n) is 2.75. The fourth-order valence-corrected chi connectivity index (χ4v) is 4.50. The third kappa shape index (κ3) is 4.17. The topological polar surface area (TPSA) is 69.7 Å². The Morgan fingerprint density at radius 2 is 1.92 bits per heavy atom. The van der Waals surface area contributed by atoms with Crippen LogP contribution in [0.3, 0.4) is 0 Å². The Bertz CT molecular complexity index is 701. The minimum absolute atomic E-state index is 0.0164. The van der Waals surface area contributed by atoms with Gasteiger partial charge in [-0.2, -0.15) is 4.31 Å². The van der Waals surface area contributed by atoms with E-state index in [-0.39, 0.29) is 11.9 Å². The summed E-state index contributed by atoms with van der Waals surface area (Å²) >= 11 is 3.39. The van der Waals surface area contributed by atoms with Crippen molar-refractivity contribution >= 4 is 31.9 Å². The van der Waals surface area contributed by atoms with Gasteiger partial charge in [0, 0.05) is 37.2 Å². The van der Waals surface area contributed by atoms with Crippen LogP contribution in [0.4, 0.5) is 0 Å². The maximum atomic E-state index is 12.8. The van der Waals surface area contributed by atoms with E-state index in [0.717, 1.165) is 10.0 Å². The maximum absolute atomic E-state index is 12.8. The van der Waals surface area contributed by atoms with Gasteiger partial charge in [0.15, 0.2) is 0 Å². The minimum Gasteiger partial charge on any atom is -0.355 e. The number of sulfonamides is 1. The quantitative estimate of drug-likeness (QED) is 0.789. The first-order valence-corrected chi connectivity index (χ1v) is 10.3. The smallest absolute Gasteiger partial charge is 0.243 e. The number of likely N-dealkylation sites (N-methyl/N-ethyl adjacent to an activating group) is 1. The number of nitrogens with zero attached hydrogens (tertiary/aromatic N) is 2. The minimum atomic E-state index is -3.50. The Balaban J connectivity index is 2.05. The zero-order valence-corrected chi connectivity index (χ0v) is 16.7. The molecule has 1 heterocycles. The second-order valence-corrected chi connectivity index (χ2v) is 8.71. The Morgan fingerprint density at radius 1 is 1.29 bits per heavy atom. The highest BCUT2D eigenvalue weighted by molar-refractivity contribution is 9.10. The van der Waals surface area contributed by atoms with Gasteiger partial charge >= 0.3 is 0 Å². The van der Waals surface area contributed by atoms with Crippen LogP contribution in [0.25, 0.3) is 0 Å². The SMILES string of the molecule is CCNC(=O)[C@@H](C)N1CCN(S(=O)(=O)c2ccc(Br)c(C)c2)CC1. The van der Waals surface area contributed by atoms with E-state index in [0.29, 0.717) is 37.6 Å². The Kier molecular flexibility index (Phi) is 6.41. The molecule has 6 nitrogen and oxygen atoms in total. The lowest BCUT2D eigenvalue weighted by atomic mass is 10.2. The summed E-state index contributed by atoms with van der Waals surface area (Å²) in [6.45, 7) is 8.08. The van der Waals surface area contributed by atoms with E-state index in [9.17, 15) is 13.2 Å². The van der Waals surface area contributed by atoms with Gasteiger partial charge < -0.3 is 5.32 Å². The highest BCUT2D eigenvalue weighted by atomic mass is 79.9. The van der Waals surface area contributed by atoms with Gasteiger partial charge in [0.05, 0.1) is 10.9 Å². The van der Waals surface area contributed by atoms with E-state index in [1.54, 1.807) is 18.2 Å². The molecule has 8 heteroatoms. The molecule has 0 aliphatic carbocycles. The molecule has 1 N–H and O–H groups in total. The Morgan fingerprint density at radius 3 is 2.46 bits per heavy atom. The summed E-state index contributed by atoms with van der Waals surface area (Å²) in [5.41, 5.74) is 0.888. The van der Waals surface area contributed by atoms with E-state index in [4.69, 9.17) is 0 Å². The number of halogens is 1. The number of nitrogens with one attached hydrogen (secondary N) is 1. The number of carbonyl (C=O) groups excluding carboxylic acids is 1. The first-order valence-electron chi connectivity index (χ1n) is 8.05. The zero-order valence-electron chi connectivity index (χ0n) is 14.3. The molecule has 1 fully saturated rings. The molecule has 1 aromatic rings. The van der Waals surface area contributed by atoms with Crippen LogP contribution in [-0.2, 0) is 14.8 Å². The van der Waals surface area contributed by atoms with Crippen molar-refractivity contribution in [3.8, 4) is 0 Å². The summed E-state index contributed by atoms with van der Waals surface area (Å²) in [5.74, 6) is -0.0164. The second kappa shape index (κ2) is 7.95. The number of aryl methyl sites for hydroxylation is 1. The fraction of sp³-hybridized carbons (Fsp3) is 0.562. The summed E-state index contributed by atoms with van der Waals surface area (Å²) in [6, 6.07) is 4.82. The molecule has 2 rings (SSSR count). The molecule has 1 atom stereocenters. The molecule has 0 radical (unpaired) electrons. The average Bonchev–Trinajstić information content (AvgIpc) is 2.57. The van der Waals surface area contributed by atoms with E-state index in [1.165, 1.54) is 4.31 Å². The number of rotatable bonds is 5. The lowest BCUT2D eigenvalue weighted by Gasteiger charge is -2.36. The highest BCUT2D eigenvalue weighted by Crippen LogP contribution is 2.23. The van der Waals surface area contributed by atoms with Gasteiger partial charge in [-0.15, -0.1) is 0 Å². The Hall–Kier alpha value is -0.960. The molecular weight excluding hydrogens is 394 g/mol. The van der Waals surface area contributed by atoms with Crippen molar-refractivity contribution in [3.05, 3.63) is 28.2 Å². The third-order valence-corrected chi connectivity index (χ3v) is 7.10. The van der Waals surface area contributed by atoms with Crippen molar-refractivity contribution in [1.82, 2.24) is 14.5 Å². The average molecular weight is 418 g/mol. The van der Waals surface area contributed by atoms with Crippen LogP contribution in [-0.4, -0.2) is 62.3 Å². The second-order valence-electron chi connectivity index (χ2n) is 5.92. The number of amides is 1. The van der Waals surface area contributed by atoms with E-state index in [1.807, 2.05) is 25.7 Å². The molecule has 0 spiro atoms. The zero-order chi connectivity index (χ0) is 17.9. The molecule has 134 valence electrons. The van der Waals surface area contributed by atoms with Crippen molar-refractivity contribution in [1.29, 1.82) is 0 Å². The van der Waals surface area contributed by atoms with Crippen molar-refractivity contribution in [3.63, 3.8) is 0 Å². The van der Waals surface area contributed by atoms with E-state index < -0.39 is 10.0 Å². The van der Waals surface area contributed by atoms with Gasteiger partial charge in [0.25, 0.3) is 0 Å². The predicted octanol–water partition coefficient (Wildman–Crippen LogP) is 1.59. The Labute approximate surface area is 152 Å². The molecule has 1 aliphatic heterocycles. The maximum Gasteiger partial charge on any atom is 0.243 e. The molecule has 1 aromatic carbocycles. The van der Waals surface area contributed by atoms with Crippen LogP contribution in [0.5, 0.6) is 0 Å². The van der Waals surface area contributed by atoms with Crippen molar-refractivity contribution in [2.24, 2.45) is 0 Å². The molecule has 1 saturated heterocycles. The summed E-state index contributed by atoms with van der Waals surface area (Å²) in [5, 5.41) is 2.80. The van der Waals surface area contributed by atoms with Crippen LogP contribution >= 0.6 is 15.9 Å². The van der Waals surface area contributed by atoms with Gasteiger partial charge in [-0.1, -0.05) is 15.9 Å².